The lowest BCUT2D eigenvalue weighted by atomic mass is 9.94. The number of hydrogen-bond acceptors (Lipinski definition) is 7. The van der Waals surface area contributed by atoms with Crippen molar-refractivity contribution in [2.75, 3.05) is 22.1 Å². The smallest absolute Gasteiger partial charge is 0.303 e. The maximum Gasteiger partial charge on any atom is 0.303 e. The first-order valence-electron chi connectivity index (χ1n) is 13.9. The van der Waals surface area contributed by atoms with Crippen molar-refractivity contribution in [3.05, 3.63) is 88.3 Å². The van der Waals surface area contributed by atoms with Crippen molar-refractivity contribution in [1.29, 1.82) is 0 Å². The van der Waals surface area contributed by atoms with Crippen LogP contribution in [0.1, 0.15) is 53.8 Å². The molecule has 4 aromatic rings. The van der Waals surface area contributed by atoms with Gasteiger partial charge in [-0.3, -0.25) is 19.4 Å². The molecule has 2 aromatic heterocycles. The minimum Gasteiger partial charge on any atom is -0.485 e. The summed E-state index contributed by atoms with van der Waals surface area (Å²) in [5, 5.41) is 15.2. The Hall–Kier alpha value is -4.77. The summed E-state index contributed by atoms with van der Waals surface area (Å²) in [5.74, 6) is 0.146. The third-order valence-electron chi connectivity index (χ3n) is 7.54. The molecule has 4 heterocycles. The van der Waals surface area contributed by atoms with Gasteiger partial charge in [-0.2, -0.15) is 0 Å². The average molecular weight is 643 g/mol. The Morgan fingerprint density at radius 2 is 1.93 bits per heavy atom. The van der Waals surface area contributed by atoms with Crippen LogP contribution in [0.5, 0.6) is 5.75 Å². The maximum absolute atomic E-state index is 13.1. The first-order chi connectivity index (χ1) is 20.8. The van der Waals surface area contributed by atoms with Gasteiger partial charge in [0.2, 0.25) is 5.91 Å². The van der Waals surface area contributed by atoms with Gasteiger partial charge in [-0.15, -0.1) is 0 Å². The molecule has 1 fully saturated rings. The zero-order valence-electron chi connectivity index (χ0n) is 23.3. The first-order valence-corrected chi connectivity index (χ1v) is 14.7. The zero-order chi connectivity index (χ0) is 30.1. The Labute approximate surface area is 256 Å². The Bertz CT molecular complexity index is 1760. The fourth-order valence-electron chi connectivity index (χ4n) is 5.46. The number of carbonyl (C=O) groups is 3. The van der Waals surface area contributed by atoms with Crippen LogP contribution < -0.4 is 20.3 Å². The molecule has 43 heavy (non-hydrogen) atoms. The summed E-state index contributed by atoms with van der Waals surface area (Å²) < 4.78 is 6.94. The fourth-order valence-corrected chi connectivity index (χ4v) is 6.02. The number of nitrogens with one attached hydrogen (secondary N) is 2. The van der Waals surface area contributed by atoms with E-state index in [4.69, 9.17) is 9.84 Å². The predicted octanol–water partition coefficient (Wildman–Crippen LogP) is 6.50. The molecule has 10 nitrogen and oxygen atoms in total. The summed E-state index contributed by atoms with van der Waals surface area (Å²) in [6, 6.07) is 14.7. The summed E-state index contributed by atoms with van der Waals surface area (Å²) in [5.41, 5.74) is 5.80. The Morgan fingerprint density at radius 3 is 2.72 bits per heavy atom. The van der Waals surface area contributed by atoms with Gasteiger partial charge >= 0.3 is 5.97 Å². The van der Waals surface area contributed by atoms with E-state index in [-0.39, 0.29) is 30.8 Å². The Kier molecular flexibility index (Phi) is 7.81. The molecule has 1 saturated heterocycles. The molecule has 0 aliphatic carbocycles. The van der Waals surface area contributed by atoms with Crippen LogP contribution >= 0.6 is 15.9 Å². The second-order valence-electron chi connectivity index (χ2n) is 10.4. The SMILES string of the molecule is CC1Oc2cc(N3CCCC3=O)ccc2-c2cnc(Nc3cncc(NC(=O)c4cccc(Br)c4CCC(=O)O)c3)cc21. The van der Waals surface area contributed by atoms with E-state index in [1.54, 1.807) is 41.6 Å². The summed E-state index contributed by atoms with van der Waals surface area (Å²) in [7, 11) is 0. The number of carbonyl (C=O) groups excluding carboxylic acids is 2. The molecule has 0 spiro atoms. The van der Waals surface area contributed by atoms with Crippen molar-refractivity contribution in [1.82, 2.24) is 9.97 Å². The molecular formula is C32H28BrN5O5. The van der Waals surface area contributed by atoms with Gasteiger partial charge < -0.3 is 25.4 Å². The Balaban J connectivity index is 1.19. The van der Waals surface area contributed by atoms with Gasteiger partial charge in [0.15, 0.2) is 0 Å². The molecule has 218 valence electrons. The van der Waals surface area contributed by atoms with Crippen molar-refractivity contribution in [3.8, 4) is 16.9 Å². The second kappa shape index (κ2) is 11.8. The second-order valence-corrected chi connectivity index (χ2v) is 11.3. The number of anilines is 4. The molecule has 1 atom stereocenters. The molecule has 0 radical (unpaired) electrons. The molecule has 2 amide bonds. The molecule has 0 saturated carbocycles. The van der Waals surface area contributed by atoms with Crippen molar-refractivity contribution in [3.63, 3.8) is 0 Å². The average Bonchev–Trinajstić information content (AvgIpc) is 3.42. The molecule has 2 aromatic carbocycles. The lowest BCUT2D eigenvalue weighted by molar-refractivity contribution is -0.137. The number of carboxylic acids is 1. The van der Waals surface area contributed by atoms with E-state index in [0.717, 1.165) is 41.1 Å². The van der Waals surface area contributed by atoms with Crippen LogP contribution in [0.25, 0.3) is 11.1 Å². The highest BCUT2D eigenvalue weighted by molar-refractivity contribution is 9.10. The van der Waals surface area contributed by atoms with Crippen molar-refractivity contribution in [2.45, 2.75) is 38.7 Å². The molecular weight excluding hydrogens is 614 g/mol. The highest BCUT2D eigenvalue weighted by Gasteiger charge is 2.27. The van der Waals surface area contributed by atoms with Gasteiger partial charge in [-0.25, -0.2) is 4.98 Å². The predicted molar refractivity (Wildman–Crippen MR) is 166 cm³/mol. The van der Waals surface area contributed by atoms with Crippen LogP contribution in [0, 0.1) is 0 Å². The number of amides is 2. The van der Waals surface area contributed by atoms with Crippen LogP contribution in [0.3, 0.4) is 0 Å². The lowest BCUT2D eigenvalue weighted by Crippen LogP contribution is -2.24. The number of fused-ring (bicyclic) bond motifs is 3. The van der Waals surface area contributed by atoms with Gasteiger partial charge in [0, 0.05) is 64.1 Å². The maximum atomic E-state index is 13.1. The van der Waals surface area contributed by atoms with E-state index in [2.05, 4.69) is 36.5 Å². The number of nitrogens with zero attached hydrogens (tertiary/aromatic N) is 3. The number of ether oxygens (including phenoxy) is 1. The molecule has 1 unspecified atom stereocenters. The molecule has 11 heteroatoms. The fraction of sp³-hybridized carbons (Fsp3) is 0.219. The topological polar surface area (TPSA) is 134 Å². The molecule has 6 rings (SSSR count). The number of aromatic nitrogens is 2. The minimum absolute atomic E-state index is 0.0898. The molecule has 0 bridgehead atoms. The zero-order valence-corrected chi connectivity index (χ0v) is 24.8. The number of hydrogen-bond donors (Lipinski definition) is 3. The quantitative estimate of drug-likeness (QED) is 0.198. The number of halogens is 1. The van der Waals surface area contributed by atoms with E-state index < -0.39 is 5.97 Å². The normalized spacial score (nSPS) is 15.3. The van der Waals surface area contributed by atoms with E-state index >= 15 is 0 Å². The van der Waals surface area contributed by atoms with Crippen LogP contribution in [0.15, 0.2) is 71.6 Å². The van der Waals surface area contributed by atoms with Crippen LogP contribution in [0.4, 0.5) is 22.9 Å². The van der Waals surface area contributed by atoms with Gasteiger partial charge in [0.05, 0.1) is 23.8 Å². The summed E-state index contributed by atoms with van der Waals surface area (Å²) in [6.45, 7) is 2.70. The molecule has 3 N–H and O–H groups in total. The first kappa shape index (κ1) is 28.4. The summed E-state index contributed by atoms with van der Waals surface area (Å²) in [6.07, 6.45) is 6.30. The minimum atomic E-state index is -0.935. The standard InChI is InChI=1S/C32H28BrN5O5/c1-18-25-14-29(35-17-26(25)23-8-7-21(13-28(23)43-18)38-11-3-6-30(38)39)36-19-12-20(16-34-15-19)37-32(42)24-4-2-5-27(33)22(24)9-10-31(40)41/h2,4-5,7-8,12-18H,3,6,9-11H2,1H3,(H,35,36)(H,37,42)(H,40,41). The van der Waals surface area contributed by atoms with Crippen molar-refractivity contribution in [2.24, 2.45) is 0 Å². The van der Waals surface area contributed by atoms with Gasteiger partial charge in [-0.05, 0) is 61.7 Å². The van der Waals surface area contributed by atoms with E-state index in [1.807, 2.05) is 31.2 Å². The number of aliphatic carboxylic acids is 1. The largest absolute Gasteiger partial charge is 0.485 e. The summed E-state index contributed by atoms with van der Waals surface area (Å²) >= 11 is 3.43. The van der Waals surface area contributed by atoms with E-state index in [9.17, 15) is 14.4 Å². The lowest BCUT2D eigenvalue weighted by Gasteiger charge is -2.28. The number of pyridine rings is 2. The monoisotopic (exact) mass is 641 g/mol. The van der Waals surface area contributed by atoms with Crippen LogP contribution in [-0.4, -0.2) is 39.4 Å². The third-order valence-corrected chi connectivity index (χ3v) is 8.28. The molecule has 2 aliphatic heterocycles. The van der Waals surface area contributed by atoms with Crippen LogP contribution in [-0.2, 0) is 16.0 Å². The number of benzene rings is 2. The summed E-state index contributed by atoms with van der Waals surface area (Å²) in [4.78, 5) is 47.2. The van der Waals surface area contributed by atoms with E-state index in [1.165, 1.54) is 6.20 Å². The highest BCUT2D eigenvalue weighted by atomic mass is 79.9. The Morgan fingerprint density at radius 1 is 1.09 bits per heavy atom. The number of rotatable bonds is 8. The van der Waals surface area contributed by atoms with E-state index in [0.29, 0.717) is 39.2 Å². The highest BCUT2D eigenvalue weighted by Crippen LogP contribution is 2.44. The van der Waals surface area contributed by atoms with Crippen molar-refractivity contribution >= 4 is 56.6 Å². The third kappa shape index (κ3) is 5.94. The molecule has 2 aliphatic rings. The van der Waals surface area contributed by atoms with Gasteiger partial charge in [-0.1, -0.05) is 22.0 Å². The van der Waals surface area contributed by atoms with Crippen molar-refractivity contribution < 1.29 is 24.2 Å². The van der Waals surface area contributed by atoms with Crippen LogP contribution in [0.2, 0.25) is 0 Å². The van der Waals surface area contributed by atoms with Gasteiger partial charge in [0.25, 0.3) is 5.91 Å². The number of carboxylic acid groups (broad SMARTS) is 1. The van der Waals surface area contributed by atoms with Gasteiger partial charge in [0.1, 0.15) is 17.7 Å².